The first-order valence-electron chi connectivity index (χ1n) is 6.80. The van der Waals surface area contributed by atoms with E-state index in [9.17, 15) is 9.50 Å². The van der Waals surface area contributed by atoms with Crippen LogP contribution in [0.3, 0.4) is 0 Å². The molecule has 2 nitrogen and oxygen atoms in total. The summed E-state index contributed by atoms with van der Waals surface area (Å²) in [5, 5.41) is 9.25. The van der Waals surface area contributed by atoms with Crippen molar-refractivity contribution in [1.29, 1.82) is 0 Å². The van der Waals surface area contributed by atoms with Gasteiger partial charge in [-0.2, -0.15) is 0 Å². The molecule has 0 heterocycles. The van der Waals surface area contributed by atoms with Crippen molar-refractivity contribution in [2.24, 2.45) is 5.92 Å². The first kappa shape index (κ1) is 13.3. The monoisotopic (exact) mass is 252 g/mol. The molecule has 1 aromatic carbocycles. The predicted octanol–water partition coefficient (Wildman–Crippen LogP) is 3.67. The second-order valence-electron chi connectivity index (χ2n) is 5.02. The third-order valence-corrected chi connectivity index (χ3v) is 3.83. The fourth-order valence-corrected chi connectivity index (χ4v) is 2.75. The van der Waals surface area contributed by atoms with E-state index in [4.69, 9.17) is 4.74 Å². The van der Waals surface area contributed by atoms with Gasteiger partial charge in [-0.05, 0) is 49.8 Å². The Kier molecular flexibility index (Phi) is 4.59. The molecule has 1 aliphatic rings. The Morgan fingerprint density at radius 1 is 1.33 bits per heavy atom. The van der Waals surface area contributed by atoms with E-state index in [2.05, 4.69) is 6.92 Å². The molecule has 0 bridgehead atoms. The number of hydrogen-bond acceptors (Lipinski definition) is 2. The van der Waals surface area contributed by atoms with Gasteiger partial charge in [0, 0.05) is 5.56 Å². The van der Waals surface area contributed by atoms with Gasteiger partial charge in [0.1, 0.15) is 17.7 Å². The summed E-state index contributed by atoms with van der Waals surface area (Å²) >= 11 is 0. The molecular formula is C15H21FO2. The summed E-state index contributed by atoms with van der Waals surface area (Å²) in [6.07, 6.45) is 6.04. The van der Waals surface area contributed by atoms with Crippen molar-refractivity contribution in [2.75, 3.05) is 0 Å². The lowest BCUT2D eigenvalue weighted by molar-refractivity contribution is 0.0877. The van der Waals surface area contributed by atoms with E-state index in [-0.39, 0.29) is 18.5 Å². The van der Waals surface area contributed by atoms with Crippen LogP contribution in [0.1, 0.15) is 44.6 Å². The molecular weight excluding hydrogens is 231 g/mol. The van der Waals surface area contributed by atoms with Gasteiger partial charge in [0.15, 0.2) is 0 Å². The second kappa shape index (κ2) is 6.19. The van der Waals surface area contributed by atoms with Crippen molar-refractivity contribution >= 4 is 0 Å². The van der Waals surface area contributed by atoms with Crippen molar-refractivity contribution in [3.05, 3.63) is 29.6 Å². The van der Waals surface area contributed by atoms with Crippen LogP contribution in [-0.2, 0) is 6.61 Å². The van der Waals surface area contributed by atoms with E-state index in [1.165, 1.54) is 31.4 Å². The lowest BCUT2D eigenvalue weighted by Gasteiger charge is -2.31. The average molecular weight is 252 g/mol. The van der Waals surface area contributed by atoms with Crippen molar-refractivity contribution in [2.45, 2.75) is 51.7 Å². The van der Waals surface area contributed by atoms with Gasteiger partial charge in [0.25, 0.3) is 0 Å². The zero-order valence-electron chi connectivity index (χ0n) is 10.9. The normalized spacial score (nSPS) is 23.9. The standard InChI is InChI=1S/C15H21FO2/c1-2-11-5-3-4-6-14(11)18-15-8-7-13(16)9-12(15)10-17/h7-9,11,14,17H,2-6,10H2,1H3. The maximum atomic E-state index is 13.1. The van der Waals surface area contributed by atoms with E-state index in [1.807, 2.05) is 0 Å². The molecule has 18 heavy (non-hydrogen) atoms. The van der Waals surface area contributed by atoms with Gasteiger partial charge in [-0.3, -0.25) is 0 Å². The molecule has 2 unspecified atom stereocenters. The summed E-state index contributed by atoms with van der Waals surface area (Å²) in [6, 6.07) is 4.36. The molecule has 3 heteroatoms. The van der Waals surface area contributed by atoms with Crippen LogP contribution in [0.4, 0.5) is 4.39 Å². The topological polar surface area (TPSA) is 29.5 Å². The van der Waals surface area contributed by atoms with Crippen LogP contribution in [0, 0.1) is 11.7 Å². The quantitative estimate of drug-likeness (QED) is 0.886. The second-order valence-corrected chi connectivity index (χ2v) is 5.02. The molecule has 0 saturated heterocycles. The van der Waals surface area contributed by atoms with E-state index in [1.54, 1.807) is 6.07 Å². The number of halogens is 1. The largest absolute Gasteiger partial charge is 0.490 e. The molecule has 1 fully saturated rings. The minimum atomic E-state index is -0.331. The Balaban J connectivity index is 2.12. The first-order chi connectivity index (χ1) is 8.74. The highest BCUT2D eigenvalue weighted by Crippen LogP contribution is 2.31. The fourth-order valence-electron chi connectivity index (χ4n) is 2.75. The molecule has 1 aromatic rings. The lowest BCUT2D eigenvalue weighted by Crippen LogP contribution is -2.30. The Bertz CT molecular complexity index is 392. The molecule has 0 aliphatic heterocycles. The third kappa shape index (κ3) is 3.02. The van der Waals surface area contributed by atoms with E-state index >= 15 is 0 Å². The van der Waals surface area contributed by atoms with E-state index < -0.39 is 0 Å². The molecule has 0 spiro atoms. The Labute approximate surface area is 108 Å². The minimum Gasteiger partial charge on any atom is -0.490 e. The predicted molar refractivity (Wildman–Crippen MR) is 69.0 cm³/mol. The Hall–Kier alpha value is -1.09. The maximum absolute atomic E-state index is 13.1. The lowest BCUT2D eigenvalue weighted by atomic mass is 9.84. The molecule has 2 rings (SSSR count). The summed E-state index contributed by atoms with van der Waals surface area (Å²) in [7, 11) is 0. The third-order valence-electron chi connectivity index (χ3n) is 3.83. The summed E-state index contributed by atoms with van der Waals surface area (Å²) < 4.78 is 19.1. The number of ether oxygens (including phenoxy) is 1. The Morgan fingerprint density at radius 3 is 2.83 bits per heavy atom. The number of benzene rings is 1. The molecule has 0 aromatic heterocycles. The number of hydrogen-bond donors (Lipinski definition) is 1. The van der Waals surface area contributed by atoms with Crippen LogP contribution >= 0.6 is 0 Å². The molecule has 0 radical (unpaired) electrons. The van der Waals surface area contributed by atoms with Crippen molar-refractivity contribution in [3.63, 3.8) is 0 Å². The molecule has 1 N–H and O–H groups in total. The van der Waals surface area contributed by atoms with Crippen molar-refractivity contribution in [1.82, 2.24) is 0 Å². The summed E-state index contributed by atoms with van der Waals surface area (Å²) in [5.41, 5.74) is 0.537. The van der Waals surface area contributed by atoms with Crippen molar-refractivity contribution in [3.8, 4) is 5.75 Å². The first-order valence-corrected chi connectivity index (χ1v) is 6.80. The summed E-state index contributed by atoms with van der Waals surface area (Å²) in [5.74, 6) is 0.877. The zero-order chi connectivity index (χ0) is 13.0. The zero-order valence-corrected chi connectivity index (χ0v) is 10.9. The average Bonchev–Trinajstić information content (AvgIpc) is 2.41. The number of rotatable bonds is 4. The Morgan fingerprint density at radius 2 is 2.11 bits per heavy atom. The number of aliphatic hydroxyl groups excluding tert-OH is 1. The highest BCUT2D eigenvalue weighted by atomic mass is 19.1. The van der Waals surface area contributed by atoms with Crippen LogP contribution in [0.2, 0.25) is 0 Å². The summed E-state index contributed by atoms with van der Waals surface area (Å²) in [4.78, 5) is 0. The smallest absolute Gasteiger partial charge is 0.125 e. The van der Waals surface area contributed by atoms with E-state index in [0.29, 0.717) is 17.2 Å². The molecule has 100 valence electrons. The van der Waals surface area contributed by atoms with Crippen LogP contribution in [-0.4, -0.2) is 11.2 Å². The van der Waals surface area contributed by atoms with Crippen LogP contribution in [0.5, 0.6) is 5.75 Å². The molecule has 0 amide bonds. The maximum Gasteiger partial charge on any atom is 0.125 e. The molecule has 2 atom stereocenters. The van der Waals surface area contributed by atoms with Crippen LogP contribution in [0.25, 0.3) is 0 Å². The molecule has 1 saturated carbocycles. The van der Waals surface area contributed by atoms with Gasteiger partial charge >= 0.3 is 0 Å². The van der Waals surface area contributed by atoms with Gasteiger partial charge in [-0.15, -0.1) is 0 Å². The highest BCUT2D eigenvalue weighted by molar-refractivity contribution is 5.33. The fraction of sp³-hybridized carbons (Fsp3) is 0.600. The summed E-state index contributed by atoms with van der Waals surface area (Å²) in [6.45, 7) is 2.00. The highest BCUT2D eigenvalue weighted by Gasteiger charge is 2.25. The van der Waals surface area contributed by atoms with Gasteiger partial charge in [0.2, 0.25) is 0 Å². The van der Waals surface area contributed by atoms with Gasteiger partial charge in [0.05, 0.1) is 6.61 Å². The van der Waals surface area contributed by atoms with Gasteiger partial charge in [-0.1, -0.05) is 13.3 Å². The van der Waals surface area contributed by atoms with Crippen LogP contribution in [0.15, 0.2) is 18.2 Å². The number of aliphatic hydroxyl groups is 1. The van der Waals surface area contributed by atoms with E-state index in [0.717, 1.165) is 12.8 Å². The van der Waals surface area contributed by atoms with Gasteiger partial charge < -0.3 is 9.84 Å². The molecule has 1 aliphatic carbocycles. The minimum absolute atomic E-state index is 0.184. The van der Waals surface area contributed by atoms with Gasteiger partial charge in [-0.25, -0.2) is 4.39 Å². The van der Waals surface area contributed by atoms with Crippen LogP contribution < -0.4 is 4.74 Å². The van der Waals surface area contributed by atoms with Crippen molar-refractivity contribution < 1.29 is 14.2 Å². The SMILES string of the molecule is CCC1CCCCC1Oc1ccc(F)cc1CO.